The van der Waals surface area contributed by atoms with Gasteiger partial charge in [-0.05, 0) is 6.92 Å². The lowest BCUT2D eigenvalue weighted by Crippen LogP contribution is -2.32. The van der Waals surface area contributed by atoms with Gasteiger partial charge < -0.3 is 4.90 Å². The Kier molecular flexibility index (Phi) is 2.49. The molecule has 1 amide bonds. The molecule has 1 aliphatic rings. The number of nitrogens with zero attached hydrogens (tertiary/aromatic N) is 2. The maximum Gasteiger partial charge on any atom is 0.224 e. The quantitative estimate of drug-likeness (QED) is 0.570. The molecule has 0 aliphatic carbocycles. The number of amides is 1. The molecule has 0 spiro atoms. The highest BCUT2D eigenvalue weighted by Gasteiger charge is 2.35. The van der Waals surface area contributed by atoms with Crippen molar-refractivity contribution in [1.29, 1.82) is 5.26 Å². The standard InChI is InChI=1S/C9H12N2O/c1-3-4-11-7(2)8(6-10)5-9(11)12/h3,7-8H,1,4-5H2,2H3. The Hall–Kier alpha value is -1.30. The Bertz CT molecular complexity index is 241. The van der Waals surface area contributed by atoms with Crippen LogP contribution in [0.4, 0.5) is 0 Å². The highest BCUT2D eigenvalue weighted by atomic mass is 16.2. The summed E-state index contributed by atoms with van der Waals surface area (Å²) in [7, 11) is 0. The number of likely N-dealkylation sites (tertiary alicyclic amines) is 1. The van der Waals surface area contributed by atoms with Gasteiger partial charge in [0.05, 0.1) is 12.0 Å². The van der Waals surface area contributed by atoms with Crippen LogP contribution in [-0.2, 0) is 4.79 Å². The maximum absolute atomic E-state index is 11.3. The van der Waals surface area contributed by atoms with Crippen molar-refractivity contribution >= 4 is 5.91 Å². The molecule has 0 bridgehead atoms. The van der Waals surface area contributed by atoms with Crippen LogP contribution < -0.4 is 0 Å². The normalized spacial score (nSPS) is 28.7. The number of carbonyl (C=O) groups excluding carboxylic acids is 1. The van der Waals surface area contributed by atoms with E-state index in [1.807, 2.05) is 6.92 Å². The van der Waals surface area contributed by atoms with Crippen molar-refractivity contribution in [2.45, 2.75) is 19.4 Å². The molecule has 1 fully saturated rings. The number of hydrogen-bond donors (Lipinski definition) is 0. The minimum Gasteiger partial charge on any atom is -0.335 e. The zero-order valence-electron chi connectivity index (χ0n) is 7.16. The first-order valence-corrected chi connectivity index (χ1v) is 4.00. The monoisotopic (exact) mass is 164 g/mol. The highest BCUT2D eigenvalue weighted by Crippen LogP contribution is 2.23. The van der Waals surface area contributed by atoms with Crippen LogP contribution in [0.2, 0.25) is 0 Å². The fourth-order valence-corrected chi connectivity index (χ4v) is 1.48. The van der Waals surface area contributed by atoms with Crippen LogP contribution in [0, 0.1) is 17.2 Å². The van der Waals surface area contributed by atoms with Crippen LogP contribution in [0.25, 0.3) is 0 Å². The van der Waals surface area contributed by atoms with Crippen molar-refractivity contribution in [3.05, 3.63) is 12.7 Å². The summed E-state index contributed by atoms with van der Waals surface area (Å²) >= 11 is 0. The Balaban J connectivity index is 2.71. The molecular weight excluding hydrogens is 152 g/mol. The summed E-state index contributed by atoms with van der Waals surface area (Å²) in [5.74, 6) is -0.0774. The molecular formula is C9H12N2O. The second-order valence-electron chi connectivity index (χ2n) is 3.02. The third kappa shape index (κ3) is 1.33. The molecule has 0 aromatic carbocycles. The van der Waals surface area contributed by atoms with Crippen LogP contribution in [0.1, 0.15) is 13.3 Å². The second kappa shape index (κ2) is 3.40. The average Bonchev–Trinajstić information content (AvgIpc) is 2.32. The summed E-state index contributed by atoms with van der Waals surface area (Å²) in [4.78, 5) is 13.0. The maximum atomic E-state index is 11.3. The van der Waals surface area contributed by atoms with E-state index in [9.17, 15) is 4.79 Å². The lowest BCUT2D eigenvalue weighted by molar-refractivity contribution is -0.128. The average molecular weight is 164 g/mol. The van der Waals surface area contributed by atoms with Crippen LogP contribution in [0.5, 0.6) is 0 Å². The molecule has 3 nitrogen and oxygen atoms in total. The summed E-state index contributed by atoms with van der Waals surface area (Å²) < 4.78 is 0. The molecule has 3 heteroatoms. The minimum atomic E-state index is -0.141. The van der Waals surface area contributed by atoms with Crippen molar-refractivity contribution in [3.8, 4) is 6.07 Å². The fraction of sp³-hybridized carbons (Fsp3) is 0.556. The molecule has 1 saturated heterocycles. The summed E-state index contributed by atoms with van der Waals surface area (Å²) in [6.07, 6.45) is 2.06. The smallest absolute Gasteiger partial charge is 0.224 e. The van der Waals surface area contributed by atoms with Crippen LogP contribution in [0.3, 0.4) is 0 Å². The van der Waals surface area contributed by atoms with Gasteiger partial charge in [0.2, 0.25) is 5.91 Å². The molecule has 0 saturated carbocycles. The predicted molar refractivity (Wildman–Crippen MR) is 45.1 cm³/mol. The van der Waals surface area contributed by atoms with Gasteiger partial charge in [0.15, 0.2) is 0 Å². The van der Waals surface area contributed by atoms with Gasteiger partial charge in [-0.3, -0.25) is 4.79 Å². The van der Waals surface area contributed by atoms with Gasteiger partial charge in [0, 0.05) is 19.0 Å². The van der Waals surface area contributed by atoms with Crippen molar-refractivity contribution in [1.82, 2.24) is 4.90 Å². The molecule has 64 valence electrons. The third-order valence-corrected chi connectivity index (χ3v) is 2.28. The van der Waals surface area contributed by atoms with E-state index in [4.69, 9.17) is 5.26 Å². The summed E-state index contributed by atoms with van der Waals surface area (Å²) in [6.45, 7) is 6.03. The molecule has 0 aromatic rings. The van der Waals surface area contributed by atoms with E-state index in [0.29, 0.717) is 13.0 Å². The van der Waals surface area contributed by atoms with Crippen molar-refractivity contribution in [3.63, 3.8) is 0 Å². The number of carbonyl (C=O) groups is 1. The molecule has 1 rings (SSSR count). The lowest BCUT2D eigenvalue weighted by atomic mass is 10.0. The van der Waals surface area contributed by atoms with E-state index in [2.05, 4.69) is 12.6 Å². The topological polar surface area (TPSA) is 44.1 Å². The number of rotatable bonds is 2. The van der Waals surface area contributed by atoms with Gasteiger partial charge in [-0.1, -0.05) is 6.08 Å². The zero-order chi connectivity index (χ0) is 9.14. The van der Waals surface area contributed by atoms with Gasteiger partial charge in [-0.2, -0.15) is 5.26 Å². The summed E-state index contributed by atoms with van der Waals surface area (Å²) in [5, 5.41) is 8.69. The van der Waals surface area contributed by atoms with E-state index >= 15 is 0 Å². The molecule has 0 aromatic heterocycles. The molecule has 1 aliphatic heterocycles. The first-order valence-electron chi connectivity index (χ1n) is 4.00. The van der Waals surface area contributed by atoms with E-state index < -0.39 is 0 Å². The number of nitriles is 1. The molecule has 1 heterocycles. The van der Waals surface area contributed by atoms with Crippen molar-refractivity contribution < 1.29 is 4.79 Å². The molecule has 2 unspecified atom stereocenters. The third-order valence-electron chi connectivity index (χ3n) is 2.28. The lowest BCUT2D eigenvalue weighted by Gasteiger charge is -2.20. The first-order chi connectivity index (χ1) is 5.70. The zero-order valence-corrected chi connectivity index (χ0v) is 7.16. The van der Waals surface area contributed by atoms with Crippen LogP contribution in [-0.4, -0.2) is 23.4 Å². The Morgan fingerprint density at radius 3 is 3.00 bits per heavy atom. The minimum absolute atomic E-state index is 0.0421. The Labute approximate surface area is 72.3 Å². The number of hydrogen-bond acceptors (Lipinski definition) is 2. The molecule has 2 atom stereocenters. The largest absolute Gasteiger partial charge is 0.335 e. The van der Waals surface area contributed by atoms with Crippen LogP contribution in [0.15, 0.2) is 12.7 Å². The van der Waals surface area contributed by atoms with Crippen LogP contribution >= 0.6 is 0 Å². The van der Waals surface area contributed by atoms with Gasteiger partial charge in [-0.25, -0.2) is 0 Å². The van der Waals surface area contributed by atoms with Gasteiger partial charge in [0.25, 0.3) is 0 Å². The fourth-order valence-electron chi connectivity index (χ4n) is 1.48. The van der Waals surface area contributed by atoms with E-state index in [1.165, 1.54) is 0 Å². The van der Waals surface area contributed by atoms with Gasteiger partial charge >= 0.3 is 0 Å². The molecule has 0 N–H and O–H groups in total. The summed E-state index contributed by atoms with van der Waals surface area (Å²) in [5.41, 5.74) is 0. The molecule has 12 heavy (non-hydrogen) atoms. The highest BCUT2D eigenvalue weighted by molar-refractivity contribution is 5.80. The first kappa shape index (κ1) is 8.79. The Morgan fingerprint density at radius 2 is 2.58 bits per heavy atom. The predicted octanol–water partition coefficient (Wildman–Crippen LogP) is 0.933. The second-order valence-corrected chi connectivity index (χ2v) is 3.02. The SMILES string of the molecule is C=CCN1C(=O)CC(C#N)C1C. The van der Waals surface area contributed by atoms with E-state index in [-0.39, 0.29) is 17.9 Å². The van der Waals surface area contributed by atoms with Crippen molar-refractivity contribution in [2.75, 3.05) is 6.54 Å². The molecule has 0 radical (unpaired) electrons. The van der Waals surface area contributed by atoms with E-state index in [0.717, 1.165) is 0 Å². The summed E-state index contributed by atoms with van der Waals surface area (Å²) in [6, 6.07) is 2.18. The van der Waals surface area contributed by atoms with Gasteiger partial charge in [0.1, 0.15) is 0 Å². The van der Waals surface area contributed by atoms with Gasteiger partial charge in [-0.15, -0.1) is 6.58 Å². The van der Waals surface area contributed by atoms with Crippen molar-refractivity contribution in [2.24, 2.45) is 5.92 Å². The Morgan fingerprint density at radius 1 is 1.92 bits per heavy atom. The van der Waals surface area contributed by atoms with E-state index in [1.54, 1.807) is 11.0 Å².